The highest BCUT2D eigenvalue weighted by Gasteiger charge is 2.15. The van der Waals surface area contributed by atoms with Crippen molar-refractivity contribution in [3.05, 3.63) is 36.0 Å². The van der Waals surface area contributed by atoms with Crippen LogP contribution in [0.2, 0.25) is 0 Å². The number of amides is 1. The van der Waals surface area contributed by atoms with Gasteiger partial charge in [-0.3, -0.25) is 4.79 Å². The summed E-state index contributed by atoms with van der Waals surface area (Å²) in [6.07, 6.45) is 3.43. The number of carbonyl (C=O) groups excluding carboxylic acids is 2. The van der Waals surface area contributed by atoms with Crippen molar-refractivity contribution < 1.29 is 9.59 Å². The van der Waals surface area contributed by atoms with Crippen LogP contribution in [0, 0.1) is 0 Å². The number of hydrogen-bond donors (Lipinski definition) is 3. The van der Waals surface area contributed by atoms with Crippen molar-refractivity contribution in [3.63, 3.8) is 0 Å². The molecular weight excluding hydrogens is 242 g/mol. The zero-order valence-electron chi connectivity index (χ0n) is 10.6. The minimum Gasteiger partial charge on any atom is -0.361 e. The molecule has 1 heterocycles. The SMILES string of the molecule is N[C@H](Cc1c[nH]c2ccccc12)C(=O)NCCC=O. The van der Waals surface area contributed by atoms with Gasteiger partial charge >= 0.3 is 0 Å². The minimum atomic E-state index is -0.606. The van der Waals surface area contributed by atoms with Crippen molar-refractivity contribution in [2.24, 2.45) is 5.73 Å². The van der Waals surface area contributed by atoms with Gasteiger partial charge in [-0.15, -0.1) is 0 Å². The molecule has 0 spiro atoms. The summed E-state index contributed by atoms with van der Waals surface area (Å²) in [6, 6.07) is 7.28. The number of aromatic amines is 1. The molecule has 5 nitrogen and oxygen atoms in total. The van der Waals surface area contributed by atoms with E-state index in [9.17, 15) is 9.59 Å². The number of hydrogen-bond acceptors (Lipinski definition) is 3. The Hall–Kier alpha value is -2.14. The van der Waals surface area contributed by atoms with Gasteiger partial charge in [0.2, 0.25) is 5.91 Å². The van der Waals surface area contributed by atoms with Crippen LogP contribution in [-0.2, 0) is 16.0 Å². The van der Waals surface area contributed by atoms with E-state index < -0.39 is 6.04 Å². The van der Waals surface area contributed by atoms with E-state index in [1.165, 1.54) is 0 Å². The van der Waals surface area contributed by atoms with Crippen LogP contribution >= 0.6 is 0 Å². The lowest BCUT2D eigenvalue weighted by Gasteiger charge is -2.10. The maximum Gasteiger partial charge on any atom is 0.237 e. The van der Waals surface area contributed by atoms with E-state index in [-0.39, 0.29) is 5.91 Å². The van der Waals surface area contributed by atoms with Crippen LogP contribution in [0.25, 0.3) is 10.9 Å². The van der Waals surface area contributed by atoms with Crippen LogP contribution in [0.4, 0.5) is 0 Å². The zero-order valence-corrected chi connectivity index (χ0v) is 10.6. The van der Waals surface area contributed by atoms with Gasteiger partial charge < -0.3 is 20.8 Å². The number of aromatic nitrogens is 1. The molecule has 0 fully saturated rings. The third-order valence-corrected chi connectivity index (χ3v) is 3.01. The van der Waals surface area contributed by atoms with E-state index >= 15 is 0 Å². The quantitative estimate of drug-likeness (QED) is 0.528. The molecule has 2 aromatic rings. The lowest BCUT2D eigenvalue weighted by Crippen LogP contribution is -2.42. The van der Waals surface area contributed by atoms with Gasteiger partial charge in [0.1, 0.15) is 6.29 Å². The lowest BCUT2D eigenvalue weighted by molar-refractivity contribution is -0.122. The summed E-state index contributed by atoms with van der Waals surface area (Å²) in [7, 11) is 0. The van der Waals surface area contributed by atoms with Crippen LogP contribution in [0.5, 0.6) is 0 Å². The van der Waals surface area contributed by atoms with E-state index in [0.29, 0.717) is 19.4 Å². The highest BCUT2D eigenvalue weighted by atomic mass is 16.2. The van der Waals surface area contributed by atoms with E-state index in [4.69, 9.17) is 5.73 Å². The zero-order chi connectivity index (χ0) is 13.7. The maximum absolute atomic E-state index is 11.7. The first-order valence-electron chi connectivity index (χ1n) is 6.24. The molecule has 1 aromatic heterocycles. The highest BCUT2D eigenvalue weighted by molar-refractivity contribution is 5.86. The molecule has 0 aliphatic heterocycles. The standard InChI is InChI=1S/C14H17N3O2/c15-12(14(19)16-6-3-7-18)8-10-9-17-13-5-2-1-4-11(10)13/h1-2,4-5,7,9,12,17H,3,6,8,15H2,(H,16,19)/t12-/m1/s1. The molecular formula is C14H17N3O2. The molecule has 0 unspecified atom stereocenters. The second-order valence-corrected chi connectivity index (χ2v) is 4.42. The number of aldehydes is 1. The van der Waals surface area contributed by atoms with E-state index in [1.807, 2.05) is 30.5 Å². The number of H-pyrrole nitrogens is 1. The molecule has 1 atom stereocenters. The Morgan fingerprint density at radius 1 is 1.42 bits per heavy atom. The molecule has 0 saturated carbocycles. The molecule has 4 N–H and O–H groups in total. The molecule has 0 saturated heterocycles. The van der Waals surface area contributed by atoms with E-state index in [2.05, 4.69) is 10.3 Å². The lowest BCUT2D eigenvalue weighted by atomic mass is 10.1. The van der Waals surface area contributed by atoms with Crippen LogP contribution in [0.1, 0.15) is 12.0 Å². The van der Waals surface area contributed by atoms with Gasteiger partial charge in [-0.25, -0.2) is 0 Å². The Balaban J connectivity index is 2.00. The van der Waals surface area contributed by atoms with Crippen molar-refractivity contribution in [2.45, 2.75) is 18.9 Å². The van der Waals surface area contributed by atoms with Gasteiger partial charge in [-0.05, 0) is 18.1 Å². The summed E-state index contributed by atoms with van der Waals surface area (Å²) in [4.78, 5) is 25.0. The summed E-state index contributed by atoms with van der Waals surface area (Å²) in [5.41, 5.74) is 7.92. The van der Waals surface area contributed by atoms with Crippen molar-refractivity contribution in [1.82, 2.24) is 10.3 Å². The Bertz CT molecular complexity index is 577. The molecule has 1 amide bonds. The second kappa shape index (κ2) is 6.15. The molecule has 0 radical (unpaired) electrons. The third kappa shape index (κ3) is 3.20. The summed E-state index contributed by atoms with van der Waals surface area (Å²) in [6.45, 7) is 0.337. The predicted octanol–water partition coefficient (Wildman–Crippen LogP) is 0.743. The fraction of sp³-hybridized carbons (Fsp3) is 0.286. The first-order valence-corrected chi connectivity index (χ1v) is 6.24. The van der Waals surface area contributed by atoms with Crippen LogP contribution < -0.4 is 11.1 Å². The topological polar surface area (TPSA) is 88.0 Å². The average Bonchev–Trinajstić information content (AvgIpc) is 2.82. The van der Waals surface area contributed by atoms with Crippen LogP contribution in [0.3, 0.4) is 0 Å². The molecule has 5 heteroatoms. The van der Waals surface area contributed by atoms with Gasteiger partial charge in [0.25, 0.3) is 0 Å². The Morgan fingerprint density at radius 3 is 3.00 bits per heavy atom. The molecule has 19 heavy (non-hydrogen) atoms. The van der Waals surface area contributed by atoms with Gasteiger partial charge in [0, 0.05) is 30.1 Å². The predicted molar refractivity (Wildman–Crippen MR) is 73.7 cm³/mol. The first-order chi connectivity index (χ1) is 9.22. The average molecular weight is 259 g/mol. The molecule has 1 aromatic carbocycles. The van der Waals surface area contributed by atoms with Gasteiger partial charge in [0.15, 0.2) is 0 Å². The Morgan fingerprint density at radius 2 is 2.21 bits per heavy atom. The number of carbonyl (C=O) groups is 2. The number of rotatable bonds is 6. The Kier molecular flexibility index (Phi) is 4.30. The normalized spacial score (nSPS) is 12.3. The van der Waals surface area contributed by atoms with Crippen molar-refractivity contribution >= 4 is 23.1 Å². The molecule has 2 rings (SSSR count). The summed E-state index contributed by atoms with van der Waals surface area (Å²) in [5, 5.41) is 3.72. The number of para-hydroxylation sites is 1. The van der Waals surface area contributed by atoms with Crippen molar-refractivity contribution in [2.75, 3.05) is 6.54 Å². The van der Waals surface area contributed by atoms with E-state index in [1.54, 1.807) is 0 Å². The molecule has 0 bridgehead atoms. The second-order valence-electron chi connectivity index (χ2n) is 4.42. The summed E-state index contributed by atoms with van der Waals surface area (Å²) < 4.78 is 0. The van der Waals surface area contributed by atoms with Gasteiger partial charge in [0.05, 0.1) is 6.04 Å². The first kappa shape index (κ1) is 13.3. The molecule has 100 valence electrons. The van der Waals surface area contributed by atoms with Gasteiger partial charge in [-0.1, -0.05) is 18.2 Å². The minimum absolute atomic E-state index is 0.230. The Labute approximate surface area is 111 Å². The smallest absolute Gasteiger partial charge is 0.237 e. The molecule has 0 aliphatic carbocycles. The number of nitrogens with one attached hydrogen (secondary N) is 2. The number of fused-ring (bicyclic) bond motifs is 1. The third-order valence-electron chi connectivity index (χ3n) is 3.01. The summed E-state index contributed by atoms with van der Waals surface area (Å²) >= 11 is 0. The number of benzene rings is 1. The monoisotopic (exact) mass is 259 g/mol. The van der Waals surface area contributed by atoms with Crippen molar-refractivity contribution in [1.29, 1.82) is 0 Å². The number of nitrogens with two attached hydrogens (primary N) is 1. The highest BCUT2D eigenvalue weighted by Crippen LogP contribution is 2.18. The van der Waals surface area contributed by atoms with E-state index in [0.717, 1.165) is 22.8 Å². The van der Waals surface area contributed by atoms with Crippen molar-refractivity contribution in [3.8, 4) is 0 Å². The van der Waals surface area contributed by atoms with Gasteiger partial charge in [-0.2, -0.15) is 0 Å². The summed E-state index contributed by atoms with van der Waals surface area (Å²) in [5.74, 6) is -0.230. The van der Waals surface area contributed by atoms with Crippen LogP contribution in [0.15, 0.2) is 30.5 Å². The maximum atomic E-state index is 11.7. The van der Waals surface area contributed by atoms with Crippen LogP contribution in [-0.4, -0.2) is 29.8 Å². The fourth-order valence-corrected chi connectivity index (χ4v) is 2.02. The fourth-order valence-electron chi connectivity index (χ4n) is 2.02. The molecule has 0 aliphatic rings. The largest absolute Gasteiger partial charge is 0.361 e.